The molecule has 2 heterocycles. The van der Waals surface area contributed by atoms with E-state index in [4.69, 9.17) is 0 Å². The van der Waals surface area contributed by atoms with Crippen molar-refractivity contribution in [1.29, 1.82) is 0 Å². The van der Waals surface area contributed by atoms with E-state index in [0.29, 0.717) is 11.3 Å². The molecule has 0 saturated heterocycles. The van der Waals surface area contributed by atoms with Crippen LogP contribution in [-0.2, 0) is 12.7 Å². The maximum Gasteiger partial charge on any atom is 0.421 e. The van der Waals surface area contributed by atoms with Gasteiger partial charge in [-0.3, -0.25) is 9.59 Å². The standard InChI is InChI=1S/C22H21F3N2O2/c1-14-12-18(16(3)27(14)15(2)17-8-5-4-6-9-17)20(28)13-26-11-7-10-19(21(26)29)22(23,24)25/h4-12,15H,13H2,1-3H3/t15-/m0/s1. The summed E-state index contributed by atoms with van der Waals surface area (Å²) in [5.41, 5.74) is 0.537. The Hall–Kier alpha value is -3.09. The topological polar surface area (TPSA) is 44.0 Å². The number of Topliss-reactive ketones (excluding diaryl/α,β-unsaturated/α-hetero) is 1. The predicted molar refractivity (Wildman–Crippen MR) is 104 cm³/mol. The Labute approximate surface area is 166 Å². The van der Waals surface area contributed by atoms with Gasteiger partial charge < -0.3 is 9.13 Å². The number of nitrogens with zero attached hydrogens (tertiary/aromatic N) is 2. The number of aryl methyl sites for hydroxylation is 1. The van der Waals surface area contributed by atoms with Crippen molar-refractivity contribution in [3.05, 3.63) is 93.2 Å². The predicted octanol–water partition coefficient (Wildman–Crippen LogP) is 4.78. The lowest BCUT2D eigenvalue weighted by Crippen LogP contribution is -2.30. The highest BCUT2D eigenvalue weighted by Gasteiger charge is 2.34. The first-order valence-corrected chi connectivity index (χ1v) is 9.14. The van der Waals surface area contributed by atoms with Gasteiger partial charge in [-0.15, -0.1) is 0 Å². The van der Waals surface area contributed by atoms with Gasteiger partial charge in [0.25, 0.3) is 5.56 Å². The number of benzene rings is 1. The highest BCUT2D eigenvalue weighted by molar-refractivity contribution is 5.97. The molecule has 0 amide bonds. The molecule has 0 saturated carbocycles. The first kappa shape index (κ1) is 20.6. The number of carbonyl (C=O) groups excluding carboxylic acids is 1. The summed E-state index contributed by atoms with van der Waals surface area (Å²) in [5, 5.41) is 0. The monoisotopic (exact) mass is 402 g/mol. The number of hydrogen-bond donors (Lipinski definition) is 0. The lowest BCUT2D eigenvalue weighted by Gasteiger charge is -2.19. The van der Waals surface area contributed by atoms with Gasteiger partial charge in [0.15, 0.2) is 5.78 Å². The van der Waals surface area contributed by atoms with E-state index in [0.717, 1.165) is 28.0 Å². The van der Waals surface area contributed by atoms with Crippen molar-refractivity contribution < 1.29 is 18.0 Å². The zero-order chi connectivity index (χ0) is 21.3. The summed E-state index contributed by atoms with van der Waals surface area (Å²) >= 11 is 0. The Morgan fingerprint density at radius 1 is 1.07 bits per heavy atom. The molecule has 1 aromatic carbocycles. The van der Waals surface area contributed by atoms with Gasteiger partial charge in [0.2, 0.25) is 0 Å². The van der Waals surface area contributed by atoms with Crippen molar-refractivity contribution in [2.45, 2.75) is 39.5 Å². The van der Waals surface area contributed by atoms with Crippen LogP contribution in [0.5, 0.6) is 0 Å². The zero-order valence-electron chi connectivity index (χ0n) is 16.3. The van der Waals surface area contributed by atoms with E-state index in [2.05, 4.69) is 0 Å². The lowest BCUT2D eigenvalue weighted by atomic mass is 10.1. The number of carbonyl (C=O) groups is 1. The van der Waals surface area contributed by atoms with E-state index in [1.807, 2.05) is 48.7 Å². The van der Waals surface area contributed by atoms with E-state index in [1.54, 1.807) is 13.0 Å². The Kier molecular flexibility index (Phi) is 5.50. The van der Waals surface area contributed by atoms with Crippen LogP contribution in [0.4, 0.5) is 13.2 Å². The minimum atomic E-state index is -4.76. The van der Waals surface area contributed by atoms with Gasteiger partial charge in [0.1, 0.15) is 5.56 Å². The minimum Gasteiger partial charge on any atom is -0.341 e. The van der Waals surface area contributed by atoms with Gasteiger partial charge in [-0.1, -0.05) is 30.3 Å². The molecule has 29 heavy (non-hydrogen) atoms. The summed E-state index contributed by atoms with van der Waals surface area (Å²) < 4.78 is 41.7. The molecule has 2 aromatic heterocycles. The first-order valence-electron chi connectivity index (χ1n) is 9.14. The van der Waals surface area contributed by atoms with Crippen LogP contribution in [0.15, 0.2) is 59.5 Å². The van der Waals surface area contributed by atoms with Gasteiger partial charge in [0.05, 0.1) is 12.6 Å². The van der Waals surface area contributed by atoms with Gasteiger partial charge >= 0.3 is 6.18 Å². The number of pyridine rings is 1. The van der Waals surface area contributed by atoms with Crippen molar-refractivity contribution in [2.24, 2.45) is 0 Å². The molecular weight excluding hydrogens is 381 g/mol. The number of rotatable bonds is 5. The first-order chi connectivity index (χ1) is 13.6. The zero-order valence-corrected chi connectivity index (χ0v) is 16.3. The Morgan fingerprint density at radius 3 is 2.34 bits per heavy atom. The normalized spacial score (nSPS) is 12.8. The molecule has 0 fully saturated rings. The van der Waals surface area contributed by atoms with E-state index >= 15 is 0 Å². The van der Waals surface area contributed by atoms with Crippen LogP contribution in [0, 0.1) is 13.8 Å². The van der Waals surface area contributed by atoms with Crippen LogP contribution in [0.1, 0.15) is 45.8 Å². The number of aromatic nitrogens is 2. The summed E-state index contributed by atoms with van der Waals surface area (Å²) in [4.78, 5) is 24.9. The largest absolute Gasteiger partial charge is 0.421 e. The second-order valence-electron chi connectivity index (χ2n) is 7.02. The van der Waals surface area contributed by atoms with Gasteiger partial charge in [-0.2, -0.15) is 13.2 Å². The van der Waals surface area contributed by atoms with Crippen molar-refractivity contribution in [1.82, 2.24) is 9.13 Å². The average molecular weight is 402 g/mol. The fourth-order valence-electron chi connectivity index (χ4n) is 3.65. The summed E-state index contributed by atoms with van der Waals surface area (Å²) in [5.74, 6) is -0.411. The molecule has 1 atom stereocenters. The highest BCUT2D eigenvalue weighted by Crippen LogP contribution is 2.27. The molecule has 152 valence electrons. The van der Waals surface area contributed by atoms with Crippen molar-refractivity contribution in [2.75, 3.05) is 0 Å². The molecule has 0 radical (unpaired) electrons. The molecule has 0 aliphatic carbocycles. The Balaban J connectivity index is 1.93. The highest BCUT2D eigenvalue weighted by atomic mass is 19.4. The molecule has 0 spiro atoms. The maximum absolute atomic E-state index is 13.0. The number of ketones is 1. The third kappa shape index (κ3) is 4.04. The molecule has 4 nitrogen and oxygen atoms in total. The van der Waals surface area contributed by atoms with Crippen LogP contribution in [0.25, 0.3) is 0 Å². The molecule has 0 aliphatic heterocycles. The third-order valence-corrected chi connectivity index (χ3v) is 5.09. The van der Waals surface area contributed by atoms with Crippen LogP contribution in [0.3, 0.4) is 0 Å². The fourth-order valence-corrected chi connectivity index (χ4v) is 3.65. The maximum atomic E-state index is 13.0. The van der Waals surface area contributed by atoms with Gasteiger partial charge in [-0.05, 0) is 44.5 Å². The minimum absolute atomic E-state index is 0.0194. The molecule has 0 bridgehead atoms. The van der Waals surface area contributed by atoms with E-state index in [9.17, 15) is 22.8 Å². The van der Waals surface area contributed by atoms with Crippen molar-refractivity contribution in [3.63, 3.8) is 0 Å². The smallest absolute Gasteiger partial charge is 0.341 e. The SMILES string of the molecule is Cc1cc(C(=O)Cn2cccc(C(F)(F)F)c2=O)c(C)n1[C@@H](C)c1ccccc1. The van der Waals surface area contributed by atoms with Crippen LogP contribution in [0.2, 0.25) is 0 Å². The molecule has 0 unspecified atom stereocenters. The van der Waals surface area contributed by atoms with E-state index < -0.39 is 29.6 Å². The van der Waals surface area contributed by atoms with Crippen molar-refractivity contribution >= 4 is 5.78 Å². The molecule has 7 heteroatoms. The van der Waals surface area contributed by atoms with Crippen LogP contribution < -0.4 is 5.56 Å². The number of hydrogen-bond acceptors (Lipinski definition) is 2. The molecular formula is C22H21F3N2O2. The molecule has 0 N–H and O–H groups in total. The Morgan fingerprint density at radius 2 is 1.72 bits per heavy atom. The fraction of sp³-hybridized carbons (Fsp3) is 0.273. The van der Waals surface area contributed by atoms with Crippen LogP contribution in [-0.4, -0.2) is 14.9 Å². The molecule has 3 rings (SSSR count). The van der Waals surface area contributed by atoms with Crippen LogP contribution >= 0.6 is 0 Å². The molecule has 3 aromatic rings. The Bertz CT molecular complexity index is 1100. The summed E-state index contributed by atoms with van der Waals surface area (Å²) in [6.45, 7) is 5.24. The second-order valence-corrected chi connectivity index (χ2v) is 7.02. The number of halogens is 3. The summed E-state index contributed by atoms with van der Waals surface area (Å²) in [6.07, 6.45) is -3.56. The molecule has 0 aliphatic rings. The summed E-state index contributed by atoms with van der Waals surface area (Å²) in [7, 11) is 0. The second kappa shape index (κ2) is 7.73. The van der Waals surface area contributed by atoms with E-state index in [1.165, 1.54) is 6.20 Å². The number of alkyl halides is 3. The quantitative estimate of drug-likeness (QED) is 0.577. The van der Waals surface area contributed by atoms with Gasteiger partial charge in [0, 0.05) is 23.1 Å². The lowest BCUT2D eigenvalue weighted by molar-refractivity contribution is -0.138. The van der Waals surface area contributed by atoms with Crippen molar-refractivity contribution in [3.8, 4) is 0 Å². The third-order valence-electron chi connectivity index (χ3n) is 5.09. The average Bonchev–Trinajstić information content (AvgIpc) is 2.97. The summed E-state index contributed by atoms with van der Waals surface area (Å²) in [6, 6.07) is 13.3. The van der Waals surface area contributed by atoms with E-state index in [-0.39, 0.29) is 6.04 Å². The van der Waals surface area contributed by atoms with Gasteiger partial charge in [-0.25, -0.2) is 0 Å².